The topological polar surface area (TPSA) is 57.0 Å². The van der Waals surface area contributed by atoms with Crippen LogP contribution in [0.25, 0.3) is 17.1 Å². The zero-order valence-electron chi connectivity index (χ0n) is 15.6. The van der Waals surface area contributed by atoms with Crippen LogP contribution >= 0.6 is 23.4 Å². The molecule has 7 heteroatoms. The molecule has 1 saturated heterocycles. The number of halogens is 1. The third kappa shape index (κ3) is 3.66. The maximum Gasteiger partial charge on any atom is 0.319 e. The number of nitrogens with zero attached hydrogens (tertiary/aromatic N) is 3. The molecule has 4 rings (SSSR count). The molecule has 0 amide bonds. The standard InChI is InChI=1S/C21H20ClN3O2S/c1-13(2)16-5-3-4-6-17(16)25-19(14-7-9-15(22)10-8-14)23-24-21(25)28-18-11-12-27-20(18)26/h3-10,13,18H,11-12H2,1-2H3. The van der Waals surface area contributed by atoms with E-state index in [4.69, 9.17) is 16.3 Å². The number of hydrogen-bond donors (Lipinski definition) is 0. The Balaban J connectivity index is 1.86. The smallest absolute Gasteiger partial charge is 0.319 e. The number of benzene rings is 2. The number of ether oxygens (including phenoxy) is 1. The van der Waals surface area contributed by atoms with E-state index in [1.54, 1.807) is 0 Å². The van der Waals surface area contributed by atoms with Crippen LogP contribution in [0.3, 0.4) is 0 Å². The number of rotatable bonds is 5. The molecule has 0 bridgehead atoms. The third-order valence-electron chi connectivity index (χ3n) is 4.67. The van der Waals surface area contributed by atoms with Gasteiger partial charge >= 0.3 is 5.97 Å². The van der Waals surface area contributed by atoms with Crippen molar-refractivity contribution in [2.45, 2.75) is 36.6 Å². The Morgan fingerprint density at radius 2 is 1.89 bits per heavy atom. The van der Waals surface area contributed by atoms with Crippen molar-refractivity contribution in [3.05, 3.63) is 59.1 Å². The van der Waals surface area contributed by atoms with Crippen LogP contribution in [0, 0.1) is 0 Å². The zero-order valence-corrected chi connectivity index (χ0v) is 17.2. The lowest BCUT2D eigenvalue weighted by Crippen LogP contribution is -2.12. The number of carbonyl (C=O) groups is 1. The van der Waals surface area contributed by atoms with Crippen LogP contribution in [0.2, 0.25) is 5.02 Å². The predicted molar refractivity (Wildman–Crippen MR) is 111 cm³/mol. The Hall–Kier alpha value is -2.31. The SMILES string of the molecule is CC(C)c1ccccc1-n1c(SC2CCOC2=O)nnc1-c1ccc(Cl)cc1. The Bertz CT molecular complexity index is 1000. The summed E-state index contributed by atoms with van der Waals surface area (Å²) in [6.45, 7) is 4.77. The van der Waals surface area contributed by atoms with E-state index in [0.29, 0.717) is 29.1 Å². The lowest BCUT2D eigenvalue weighted by molar-refractivity contribution is -0.137. The monoisotopic (exact) mass is 413 g/mol. The van der Waals surface area contributed by atoms with Gasteiger partial charge in [-0.05, 0) is 41.8 Å². The molecule has 0 radical (unpaired) electrons. The lowest BCUT2D eigenvalue weighted by Gasteiger charge is -2.17. The molecular weight excluding hydrogens is 394 g/mol. The molecule has 2 heterocycles. The third-order valence-corrected chi connectivity index (χ3v) is 6.11. The van der Waals surface area contributed by atoms with E-state index in [1.165, 1.54) is 17.3 Å². The summed E-state index contributed by atoms with van der Waals surface area (Å²) >= 11 is 7.47. The second-order valence-corrected chi connectivity index (χ2v) is 8.53. The van der Waals surface area contributed by atoms with Crippen molar-refractivity contribution in [3.8, 4) is 17.1 Å². The molecule has 144 valence electrons. The summed E-state index contributed by atoms with van der Waals surface area (Å²) in [5, 5.41) is 9.97. The van der Waals surface area contributed by atoms with E-state index < -0.39 is 0 Å². The van der Waals surface area contributed by atoms with Crippen molar-refractivity contribution in [2.24, 2.45) is 0 Å². The van der Waals surface area contributed by atoms with Gasteiger partial charge in [0.1, 0.15) is 5.25 Å². The Kier molecular flexibility index (Phi) is 5.42. The summed E-state index contributed by atoms with van der Waals surface area (Å²) in [6.07, 6.45) is 0.679. The highest BCUT2D eigenvalue weighted by atomic mass is 35.5. The largest absolute Gasteiger partial charge is 0.465 e. The minimum atomic E-state index is -0.257. The molecule has 1 aromatic heterocycles. The summed E-state index contributed by atoms with van der Waals surface area (Å²) in [6, 6.07) is 15.8. The van der Waals surface area contributed by atoms with Crippen molar-refractivity contribution in [2.75, 3.05) is 6.61 Å². The number of para-hydroxylation sites is 1. The van der Waals surface area contributed by atoms with Gasteiger partial charge in [0.2, 0.25) is 0 Å². The molecule has 1 unspecified atom stereocenters. The minimum absolute atomic E-state index is 0.190. The van der Waals surface area contributed by atoms with Gasteiger partial charge in [0.05, 0.1) is 12.3 Å². The molecule has 0 saturated carbocycles. The second kappa shape index (κ2) is 7.97. The summed E-state index contributed by atoms with van der Waals surface area (Å²) in [7, 11) is 0. The van der Waals surface area contributed by atoms with Gasteiger partial charge in [-0.15, -0.1) is 10.2 Å². The van der Waals surface area contributed by atoms with Crippen LogP contribution < -0.4 is 0 Å². The maximum atomic E-state index is 12.0. The lowest BCUT2D eigenvalue weighted by atomic mass is 10.0. The van der Waals surface area contributed by atoms with Gasteiger partial charge in [-0.3, -0.25) is 9.36 Å². The van der Waals surface area contributed by atoms with Gasteiger partial charge in [-0.1, -0.05) is 55.4 Å². The van der Waals surface area contributed by atoms with Crippen LogP contribution in [-0.2, 0) is 9.53 Å². The van der Waals surface area contributed by atoms with Crippen molar-refractivity contribution < 1.29 is 9.53 Å². The molecule has 0 aliphatic carbocycles. The predicted octanol–water partition coefficient (Wildman–Crippen LogP) is 5.12. The Morgan fingerprint density at radius 1 is 1.14 bits per heavy atom. The van der Waals surface area contributed by atoms with E-state index in [9.17, 15) is 4.79 Å². The molecule has 1 fully saturated rings. The average molecular weight is 414 g/mol. The van der Waals surface area contributed by atoms with Gasteiger partial charge in [0, 0.05) is 17.0 Å². The Morgan fingerprint density at radius 3 is 2.57 bits per heavy atom. The van der Waals surface area contributed by atoms with Crippen LogP contribution in [0.15, 0.2) is 53.7 Å². The molecule has 5 nitrogen and oxygen atoms in total. The number of hydrogen-bond acceptors (Lipinski definition) is 5. The normalized spacial score (nSPS) is 16.6. The first-order valence-electron chi connectivity index (χ1n) is 9.18. The fourth-order valence-electron chi connectivity index (χ4n) is 3.24. The van der Waals surface area contributed by atoms with E-state index in [0.717, 1.165) is 17.1 Å². The second-order valence-electron chi connectivity index (χ2n) is 6.92. The molecule has 28 heavy (non-hydrogen) atoms. The molecule has 1 atom stereocenters. The zero-order chi connectivity index (χ0) is 19.7. The van der Waals surface area contributed by atoms with E-state index >= 15 is 0 Å². The quantitative estimate of drug-likeness (QED) is 0.543. The summed E-state index contributed by atoms with van der Waals surface area (Å²) < 4.78 is 7.15. The van der Waals surface area contributed by atoms with Crippen molar-refractivity contribution in [1.82, 2.24) is 14.8 Å². The first-order chi connectivity index (χ1) is 13.5. The van der Waals surface area contributed by atoms with Crippen LogP contribution in [0.4, 0.5) is 0 Å². The number of cyclic esters (lactones) is 1. The van der Waals surface area contributed by atoms with Gasteiger partial charge in [0.15, 0.2) is 11.0 Å². The maximum absolute atomic E-state index is 12.0. The van der Waals surface area contributed by atoms with Gasteiger partial charge in [-0.25, -0.2) is 0 Å². The van der Waals surface area contributed by atoms with Crippen LogP contribution in [0.1, 0.15) is 31.7 Å². The van der Waals surface area contributed by atoms with Crippen LogP contribution in [0.5, 0.6) is 0 Å². The van der Waals surface area contributed by atoms with Crippen molar-refractivity contribution in [1.29, 1.82) is 0 Å². The molecule has 0 spiro atoms. The molecular formula is C21H20ClN3O2S. The first kappa shape index (κ1) is 19.0. The first-order valence-corrected chi connectivity index (χ1v) is 10.4. The van der Waals surface area contributed by atoms with E-state index in [1.807, 2.05) is 41.0 Å². The van der Waals surface area contributed by atoms with E-state index in [-0.39, 0.29) is 11.2 Å². The van der Waals surface area contributed by atoms with Gasteiger partial charge in [0.25, 0.3) is 0 Å². The molecule has 1 aliphatic rings. The fourth-order valence-corrected chi connectivity index (χ4v) is 4.38. The highest BCUT2D eigenvalue weighted by Crippen LogP contribution is 2.35. The summed E-state index contributed by atoms with van der Waals surface area (Å²) in [5.41, 5.74) is 3.12. The fraction of sp³-hybridized carbons (Fsp3) is 0.286. The minimum Gasteiger partial charge on any atom is -0.465 e. The number of thioether (sulfide) groups is 1. The van der Waals surface area contributed by atoms with Gasteiger partial charge in [-0.2, -0.15) is 0 Å². The Labute approximate surface area is 173 Å². The van der Waals surface area contributed by atoms with Gasteiger partial charge < -0.3 is 4.74 Å². The number of carbonyl (C=O) groups excluding carboxylic acids is 1. The summed E-state index contributed by atoms with van der Waals surface area (Å²) in [5.74, 6) is 0.856. The average Bonchev–Trinajstić information content (AvgIpc) is 3.29. The molecule has 0 N–H and O–H groups in total. The van der Waals surface area contributed by atoms with E-state index in [2.05, 4.69) is 36.2 Å². The molecule has 2 aromatic carbocycles. The highest BCUT2D eigenvalue weighted by Gasteiger charge is 2.31. The summed E-state index contributed by atoms with van der Waals surface area (Å²) in [4.78, 5) is 12.0. The van der Waals surface area contributed by atoms with Crippen molar-refractivity contribution in [3.63, 3.8) is 0 Å². The molecule has 1 aliphatic heterocycles. The van der Waals surface area contributed by atoms with Crippen LogP contribution in [-0.4, -0.2) is 32.6 Å². The molecule has 3 aromatic rings. The number of aromatic nitrogens is 3. The highest BCUT2D eigenvalue weighted by molar-refractivity contribution is 8.00. The van der Waals surface area contributed by atoms with Crippen molar-refractivity contribution >= 4 is 29.3 Å². The number of esters is 1.